The summed E-state index contributed by atoms with van der Waals surface area (Å²) in [4.78, 5) is 14.5. The molecule has 4 nitrogen and oxygen atoms in total. The van der Waals surface area contributed by atoms with E-state index in [-0.39, 0.29) is 5.97 Å². The zero-order valence-electron chi connectivity index (χ0n) is 9.99. The number of fused-ring (bicyclic) bond motifs is 1. The Hall–Kier alpha value is -1.81. The molecule has 17 heavy (non-hydrogen) atoms. The number of rotatable bonds is 3. The van der Waals surface area contributed by atoms with Gasteiger partial charge in [0, 0.05) is 23.5 Å². The van der Waals surface area contributed by atoms with E-state index in [1.807, 2.05) is 25.3 Å². The first-order chi connectivity index (χ1) is 8.11. The number of H-pyrrole nitrogens is 1. The lowest BCUT2D eigenvalue weighted by molar-refractivity contribution is -0.142. The summed E-state index contributed by atoms with van der Waals surface area (Å²) in [6, 6.07) is 5.55. The van der Waals surface area contributed by atoms with Crippen molar-refractivity contribution in [3.05, 3.63) is 35.5 Å². The van der Waals surface area contributed by atoms with Gasteiger partial charge >= 0.3 is 5.97 Å². The van der Waals surface area contributed by atoms with Crippen LogP contribution in [-0.4, -0.2) is 24.1 Å². The van der Waals surface area contributed by atoms with Crippen LogP contribution >= 0.6 is 0 Å². The summed E-state index contributed by atoms with van der Waals surface area (Å²) >= 11 is 0. The molecule has 0 spiro atoms. The lowest BCUT2D eigenvalue weighted by Crippen LogP contribution is -2.33. The first-order valence-corrected chi connectivity index (χ1v) is 5.52. The van der Waals surface area contributed by atoms with Crippen molar-refractivity contribution in [3.63, 3.8) is 0 Å². The van der Waals surface area contributed by atoms with E-state index in [1.54, 1.807) is 0 Å². The summed E-state index contributed by atoms with van der Waals surface area (Å²) in [5, 5.41) is 1.11. The summed E-state index contributed by atoms with van der Waals surface area (Å²) in [6.45, 7) is 2.04. The molecular formula is C13H16N2O2. The van der Waals surface area contributed by atoms with Gasteiger partial charge < -0.3 is 15.5 Å². The quantitative estimate of drug-likeness (QED) is 0.788. The Bertz CT molecular complexity index is 545. The standard InChI is InChI=1S/C13H16N2O2/c1-8-3-4-10-9(7-15-12(10)5-8)6-11(14)13(16)17-2/h3-5,7,11,15H,6,14H2,1-2H3/t11-/m0/s1. The van der Waals surface area contributed by atoms with E-state index in [0.717, 1.165) is 16.5 Å². The van der Waals surface area contributed by atoms with Crippen LogP contribution in [0, 0.1) is 6.92 Å². The third-order valence-electron chi connectivity index (χ3n) is 2.87. The Kier molecular flexibility index (Phi) is 3.15. The highest BCUT2D eigenvalue weighted by Gasteiger charge is 2.16. The zero-order valence-corrected chi connectivity index (χ0v) is 9.99. The number of aryl methyl sites for hydroxylation is 1. The minimum absolute atomic E-state index is 0.383. The smallest absolute Gasteiger partial charge is 0.322 e. The van der Waals surface area contributed by atoms with Crippen LogP contribution in [0.3, 0.4) is 0 Å². The van der Waals surface area contributed by atoms with Gasteiger partial charge in [-0.25, -0.2) is 0 Å². The Labute approximate surface area is 99.8 Å². The predicted octanol–water partition coefficient (Wildman–Crippen LogP) is 1.52. The summed E-state index contributed by atoms with van der Waals surface area (Å²) in [5.74, 6) is -0.383. The highest BCUT2D eigenvalue weighted by molar-refractivity contribution is 5.85. The lowest BCUT2D eigenvalue weighted by atomic mass is 10.0. The molecule has 0 saturated heterocycles. The number of hydrogen-bond donors (Lipinski definition) is 2. The summed E-state index contributed by atoms with van der Waals surface area (Å²) < 4.78 is 4.62. The van der Waals surface area contributed by atoms with Crippen LogP contribution in [0.2, 0.25) is 0 Å². The van der Waals surface area contributed by atoms with Crippen LogP contribution < -0.4 is 5.73 Å². The molecule has 0 bridgehead atoms. The van der Waals surface area contributed by atoms with Crippen LogP contribution in [0.25, 0.3) is 10.9 Å². The van der Waals surface area contributed by atoms with Gasteiger partial charge in [0.2, 0.25) is 0 Å². The maximum Gasteiger partial charge on any atom is 0.322 e. The fourth-order valence-corrected chi connectivity index (χ4v) is 1.94. The van der Waals surface area contributed by atoms with Gasteiger partial charge in [0.05, 0.1) is 7.11 Å². The SMILES string of the molecule is COC(=O)[C@@H](N)Cc1c[nH]c2cc(C)ccc12. The number of ether oxygens (including phenoxy) is 1. The highest BCUT2D eigenvalue weighted by atomic mass is 16.5. The number of hydrogen-bond acceptors (Lipinski definition) is 3. The number of nitrogens with one attached hydrogen (secondary N) is 1. The maximum absolute atomic E-state index is 11.3. The summed E-state index contributed by atoms with van der Waals surface area (Å²) in [7, 11) is 1.35. The van der Waals surface area contributed by atoms with Crippen LogP contribution in [-0.2, 0) is 16.0 Å². The number of nitrogens with two attached hydrogens (primary N) is 1. The molecule has 2 aromatic rings. The molecule has 1 heterocycles. The topological polar surface area (TPSA) is 68.1 Å². The molecule has 0 radical (unpaired) electrons. The number of benzene rings is 1. The van der Waals surface area contributed by atoms with Gasteiger partial charge in [-0.1, -0.05) is 12.1 Å². The third-order valence-corrected chi connectivity index (χ3v) is 2.87. The average molecular weight is 232 g/mol. The molecule has 0 saturated carbocycles. The van der Waals surface area contributed by atoms with Gasteiger partial charge in [-0.05, 0) is 24.1 Å². The Morgan fingerprint density at radius 2 is 2.29 bits per heavy atom. The van der Waals surface area contributed by atoms with Crippen LogP contribution in [0.4, 0.5) is 0 Å². The minimum atomic E-state index is -0.611. The van der Waals surface area contributed by atoms with Crippen molar-refractivity contribution in [2.75, 3.05) is 7.11 Å². The Morgan fingerprint density at radius 3 is 3.00 bits per heavy atom. The number of carbonyl (C=O) groups excluding carboxylic acids is 1. The predicted molar refractivity (Wildman–Crippen MR) is 66.7 cm³/mol. The molecule has 0 fully saturated rings. The van der Waals surface area contributed by atoms with Crippen LogP contribution in [0.5, 0.6) is 0 Å². The van der Waals surface area contributed by atoms with Gasteiger partial charge in [0.25, 0.3) is 0 Å². The van der Waals surface area contributed by atoms with E-state index >= 15 is 0 Å². The Morgan fingerprint density at radius 1 is 1.53 bits per heavy atom. The third kappa shape index (κ3) is 2.31. The molecule has 0 aliphatic carbocycles. The molecular weight excluding hydrogens is 216 g/mol. The van der Waals surface area contributed by atoms with E-state index in [2.05, 4.69) is 15.8 Å². The Balaban J connectivity index is 2.28. The minimum Gasteiger partial charge on any atom is -0.468 e. The molecule has 0 unspecified atom stereocenters. The second kappa shape index (κ2) is 4.59. The lowest BCUT2D eigenvalue weighted by Gasteiger charge is -2.08. The first kappa shape index (κ1) is 11.7. The van der Waals surface area contributed by atoms with Crippen LogP contribution in [0.15, 0.2) is 24.4 Å². The van der Waals surface area contributed by atoms with E-state index in [4.69, 9.17) is 5.73 Å². The van der Waals surface area contributed by atoms with Crippen molar-refractivity contribution in [1.29, 1.82) is 0 Å². The van der Waals surface area contributed by atoms with Gasteiger partial charge in [0.15, 0.2) is 0 Å². The average Bonchev–Trinajstić information content (AvgIpc) is 2.70. The normalized spacial score (nSPS) is 12.6. The van der Waals surface area contributed by atoms with Gasteiger partial charge in [-0.2, -0.15) is 0 Å². The van der Waals surface area contributed by atoms with Crippen molar-refractivity contribution in [2.24, 2.45) is 5.73 Å². The maximum atomic E-state index is 11.3. The molecule has 1 aromatic heterocycles. The van der Waals surface area contributed by atoms with Crippen molar-refractivity contribution in [2.45, 2.75) is 19.4 Å². The number of aromatic amines is 1. The molecule has 0 aliphatic rings. The van der Waals surface area contributed by atoms with Gasteiger partial charge in [0.1, 0.15) is 6.04 Å². The molecule has 3 N–H and O–H groups in total. The van der Waals surface area contributed by atoms with Gasteiger partial charge in [-0.15, -0.1) is 0 Å². The van der Waals surface area contributed by atoms with Crippen molar-refractivity contribution in [1.82, 2.24) is 4.98 Å². The van der Waals surface area contributed by atoms with Gasteiger partial charge in [-0.3, -0.25) is 4.79 Å². The largest absolute Gasteiger partial charge is 0.468 e. The van der Waals surface area contributed by atoms with Crippen LogP contribution in [0.1, 0.15) is 11.1 Å². The fraction of sp³-hybridized carbons (Fsp3) is 0.308. The van der Waals surface area contributed by atoms with Crippen molar-refractivity contribution in [3.8, 4) is 0 Å². The number of methoxy groups -OCH3 is 1. The summed E-state index contributed by atoms with van der Waals surface area (Å²) in [6.07, 6.45) is 2.38. The molecule has 2 rings (SSSR count). The van der Waals surface area contributed by atoms with E-state index in [9.17, 15) is 4.79 Å². The molecule has 0 aliphatic heterocycles. The van der Waals surface area contributed by atoms with E-state index < -0.39 is 6.04 Å². The van der Waals surface area contributed by atoms with Crippen molar-refractivity contribution < 1.29 is 9.53 Å². The second-order valence-electron chi connectivity index (χ2n) is 4.20. The monoisotopic (exact) mass is 232 g/mol. The zero-order chi connectivity index (χ0) is 12.4. The van der Waals surface area contributed by atoms with Crippen molar-refractivity contribution >= 4 is 16.9 Å². The molecule has 90 valence electrons. The first-order valence-electron chi connectivity index (χ1n) is 5.52. The second-order valence-corrected chi connectivity index (χ2v) is 4.20. The molecule has 4 heteroatoms. The van der Waals surface area contributed by atoms with E-state index in [1.165, 1.54) is 12.7 Å². The van der Waals surface area contributed by atoms with E-state index in [0.29, 0.717) is 6.42 Å². The molecule has 1 atom stereocenters. The molecule has 0 amide bonds. The number of aromatic nitrogens is 1. The number of esters is 1. The molecule has 1 aromatic carbocycles. The highest BCUT2D eigenvalue weighted by Crippen LogP contribution is 2.20. The summed E-state index contributed by atoms with van der Waals surface area (Å²) in [5.41, 5.74) is 9.06. The number of carbonyl (C=O) groups is 1. The fourth-order valence-electron chi connectivity index (χ4n) is 1.94.